The summed E-state index contributed by atoms with van der Waals surface area (Å²) >= 11 is 0. The first-order chi connectivity index (χ1) is 40.3. The summed E-state index contributed by atoms with van der Waals surface area (Å²) in [5, 5.41) is 16.0. The summed E-state index contributed by atoms with van der Waals surface area (Å²) in [6.45, 7) is 9.19. The first-order valence-corrected chi connectivity index (χ1v) is 28.3. The van der Waals surface area contributed by atoms with Crippen LogP contribution in [-0.4, -0.2) is 20.3 Å². The Labute approximate surface area is 474 Å². The highest BCUT2D eigenvalue weighted by atomic mass is 16.5. The Kier molecular flexibility index (Phi) is 10.7. The molecule has 0 aliphatic carbocycles. The lowest BCUT2D eigenvalue weighted by molar-refractivity contribution is 0.484. The molecule has 1 aliphatic rings. The van der Waals surface area contributed by atoms with Gasteiger partial charge < -0.3 is 4.74 Å². The fourth-order valence-electron chi connectivity index (χ4n) is 13.6. The Bertz CT molecular complexity index is 5380. The predicted molar refractivity (Wildman–Crippen MR) is 347 cm³/mol. The first-order valence-electron chi connectivity index (χ1n) is 28.3. The summed E-state index contributed by atoms with van der Waals surface area (Å²) in [6, 6.07) is 88.2. The van der Waals surface area contributed by atoms with Crippen molar-refractivity contribution >= 4 is 115 Å². The highest BCUT2D eigenvalue weighted by Crippen LogP contribution is 2.46. The van der Waals surface area contributed by atoms with E-state index in [1.165, 1.54) is 32.8 Å². The van der Waals surface area contributed by atoms with Gasteiger partial charge in [0.05, 0.1) is 27.8 Å². The first kappa shape index (κ1) is 47.6. The van der Waals surface area contributed by atoms with Crippen LogP contribution >= 0.6 is 0 Å². The molecular formula is C77H54N4O. The van der Waals surface area contributed by atoms with E-state index in [1.54, 1.807) is 0 Å². The van der Waals surface area contributed by atoms with Crippen LogP contribution in [0.5, 0.6) is 11.5 Å². The van der Waals surface area contributed by atoms with Gasteiger partial charge in [0.2, 0.25) is 0 Å². The zero-order valence-electron chi connectivity index (χ0n) is 45.9. The van der Waals surface area contributed by atoms with Crippen LogP contribution in [0.15, 0.2) is 254 Å². The monoisotopic (exact) mass is 1050 g/mol. The molecule has 5 heterocycles. The molecule has 0 radical (unpaired) electrons. The highest BCUT2D eigenvalue weighted by molar-refractivity contribution is 6.26. The topological polar surface area (TPSA) is 43.8 Å². The van der Waals surface area contributed by atoms with Gasteiger partial charge in [-0.15, -0.1) is 0 Å². The van der Waals surface area contributed by atoms with E-state index in [4.69, 9.17) is 14.7 Å². The Morgan fingerprint density at radius 1 is 0.366 bits per heavy atom. The van der Waals surface area contributed by atoms with E-state index in [0.29, 0.717) is 11.5 Å². The molecule has 4 aromatic heterocycles. The fourth-order valence-corrected chi connectivity index (χ4v) is 13.6. The Morgan fingerprint density at radius 3 is 1.39 bits per heavy atom. The quantitative estimate of drug-likeness (QED) is 0.173. The van der Waals surface area contributed by atoms with E-state index < -0.39 is 0 Å². The van der Waals surface area contributed by atoms with E-state index >= 15 is 0 Å². The van der Waals surface area contributed by atoms with Crippen molar-refractivity contribution in [3.05, 3.63) is 260 Å². The Balaban J connectivity index is 1.02. The Morgan fingerprint density at radius 2 is 0.793 bits per heavy atom. The van der Waals surface area contributed by atoms with E-state index in [9.17, 15) is 0 Å². The third-order valence-electron chi connectivity index (χ3n) is 17.2. The Hall–Kier alpha value is -10.4. The molecule has 82 heavy (non-hydrogen) atoms. The van der Waals surface area contributed by atoms with Crippen molar-refractivity contribution in [2.45, 2.75) is 33.1 Å². The van der Waals surface area contributed by atoms with Crippen molar-refractivity contribution in [2.75, 3.05) is 0 Å². The number of pyridine rings is 1. The molecule has 15 aromatic rings. The predicted octanol–water partition coefficient (Wildman–Crippen LogP) is 21.1. The molecule has 2 bridgehead atoms. The smallest absolute Gasteiger partial charge is 0.145 e. The molecule has 5 nitrogen and oxygen atoms in total. The number of fused-ring (bicyclic) bond motifs is 24. The summed E-state index contributed by atoms with van der Waals surface area (Å²) in [5.74, 6) is 1.41. The average Bonchev–Trinajstić information content (AvgIpc) is 3.47. The number of aryl methyl sites for hydroxylation is 1. The van der Waals surface area contributed by atoms with Crippen molar-refractivity contribution in [3.63, 3.8) is 0 Å². The molecule has 388 valence electrons. The second-order valence-corrected chi connectivity index (χ2v) is 22.8. The van der Waals surface area contributed by atoms with Gasteiger partial charge in [0.15, 0.2) is 0 Å². The summed E-state index contributed by atoms with van der Waals surface area (Å²) < 4.78 is 12.1. The van der Waals surface area contributed by atoms with Crippen LogP contribution in [0, 0.1) is 6.92 Å². The number of rotatable bonds is 2. The van der Waals surface area contributed by atoms with Gasteiger partial charge in [0.1, 0.15) is 23.5 Å². The van der Waals surface area contributed by atoms with Crippen LogP contribution in [-0.2, 0) is 5.41 Å². The molecule has 0 spiro atoms. The number of ether oxygens (including phenoxy) is 1. The number of nitrogens with zero attached hydrogens (tertiary/aromatic N) is 4. The highest BCUT2D eigenvalue weighted by Gasteiger charge is 2.24. The zero-order valence-corrected chi connectivity index (χ0v) is 45.9. The van der Waals surface area contributed by atoms with Gasteiger partial charge in [-0.3, -0.25) is 8.97 Å². The summed E-state index contributed by atoms with van der Waals surface area (Å²) in [4.78, 5) is 10.9. The molecule has 0 N–H and O–H groups in total. The third kappa shape index (κ3) is 7.26. The van der Waals surface area contributed by atoms with Gasteiger partial charge in [-0.05, 0) is 131 Å². The van der Waals surface area contributed by atoms with E-state index in [1.807, 2.05) is 12.5 Å². The molecule has 0 saturated carbocycles. The van der Waals surface area contributed by atoms with Gasteiger partial charge in [0.25, 0.3) is 0 Å². The molecule has 0 saturated heterocycles. The fraction of sp³-hybridized carbons (Fsp3) is 0.0649. The summed E-state index contributed by atoms with van der Waals surface area (Å²) in [7, 11) is 0. The van der Waals surface area contributed by atoms with Gasteiger partial charge in [-0.2, -0.15) is 0 Å². The number of para-hydroxylation sites is 2. The maximum Gasteiger partial charge on any atom is 0.145 e. The zero-order chi connectivity index (χ0) is 54.8. The summed E-state index contributed by atoms with van der Waals surface area (Å²) in [6.07, 6.45) is 4.04. The number of hydrogen-bond donors (Lipinski definition) is 0. The second-order valence-electron chi connectivity index (χ2n) is 22.8. The minimum absolute atomic E-state index is 0.190. The van der Waals surface area contributed by atoms with Gasteiger partial charge in [-0.25, -0.2) is 9.98 Å². The van der Waals surface area contributed by atoms with Gasteiger partial charge in [-0.1, -0.05) is 215 Å². The summed E-state index contributed by atoms with van der Waals surface area (Å²) in [5.41, 5.74) is 14.9. The molecule has 5 heteroatoms. The largest absolute Gasteiger partial charge is 0.457 e. The second kappa shape index (κ2) is 18.3. The van der Waals surface area contributed by atoms with Crippen molar-refractivity contribution in [3.8, 4) is 44.9 Å². The molecule has 0 atom stereocenters. The minimum Gasteiger partial charge on any atom is -0.457 e. The number of aliphatic imine (C=N–C) groups is 1. The number of hydrogen-bond acceptors (Lipinski definition) is 3. The van der Waals surface area contributed by atoms with E-state index in [0.717, 1.165) is 120 Å². The van der Waals surface area contributed by atoms with Crippen LogP contribution in [0.25, 0.3) is 137 Å². The molecule has 0 amide bonds. The van der Waals surface area contributed by atoms with Crippen LogP contribution < -0.4 is 4.74 Å². The van der Waals surface area contributed by atoms with E-state index in [-0.39, 0.29) is 5.41 Å². The molecule has 1 aliphatic heterocycles. The van der Waals surface area contributed by atoms with Crippen molar-refractivity contribution in [2.24, 2.45) is 4.99 Å². The lowest BCUT2D eigenvalue weighted by atomic mass is 9.84. The van der Waals surface area contributed by atoms with Crippen LogP contribution in [0.4, 0.5) is 5.69 Å². The maximum absolute atomic E-state index is 7.31. The SMILES string of the molecule is Cc1c2ccc3c4ccccc4c4ccccc4c4ccc(Oc5ccc6c7cccc8c9ccccc9c9ccccc9c9c(C(C)(C)C)ccnc9n(c6c5)c87)cc4n(c13)C=Nc1ccccc1-c1ccccc1-c1ccccc1-2. The van der Waals surface area contributed by atoms with Crippen molar-refractivity contribution in [1.29, 1.82) is 0 Å². The average molecular weight is 1050 g/mol. The maximum atomic E-state index is 7.31. The number of benzene rings is 11. The molecule has 16 rings (SSSR count). The normalized spacial score (nSPS) is 12.3. The van der Waals surface area contributed by atoms with Crippen LogP contribution in [0.3, 0.4) is 0 Å². The lowest BCUT2D eigenvalue weighted by Gasteiger charge is -2.21. The van der Waals surface area contributed by atoms with Crippen LogP contribution in [0.1, 0.15) is 31.9 Å². The van der Waals surface area contributed by atoms with Crippen molar-refractivity contribution in [1.82, 2.24) is 14.0 Å². The van der Waals surface area contributed by atoms with Crippen molar-refractivity contribution < 1.29 is 4.74 Å². The van der Waals surface area contributed by atoms with Gasteiger partial charge >= 0.3 is 0 Å². The minimum atomic E-state index is -0.190. The van der Waals surface area contributed by atoms with Crippen LogP contribution in [0.2, 0.25) is 0 Å². The molecule has 0 fully saturated rings. The number of aromatic nitrogens is 3. The van der Waals surface area contributed by atoms with E-state index in [2.05, 4.69) is 279 Å². The third-order valence-corrected chi connectivity index (χ3v) is 17.2. The molecular weight excluding hydrogens is 997 g/mol. The lowest BCUT2D eigenvalue weighted by Crippen LogP contribution is -2.12. The molecule has 11 aromatic carbocycles. The molecule has 0 unspecified atom stereocenters. The van der Waals surface area contributed by atoms with Gasteiger partial charge in [0, 0.05) is 56.2 Å². The standard InChI is InChI=1S/C77H54N4O/c1-47-50-40-41-68-61-30-14-9-24-55(61)54-23-8-12-27-58(54)63-38-36-48(44-71(63)80(74(47)68)46-79-70-35-18-17-31-62(70)57-26-11-7-22-53(57)52-21-6-5-20-51(50)52)82-49-37-39-64-67-34-19-33-66-60-29-13-10-25-56(60)59-28-15-16-32-65(59)73-69(77(2,3)4)42-43-78-76(73)81(75(66)67)72(64)45-49/h5-46H,1-4H3.